The van der Waals surface area contributed by atoms with Gasteiger partial charge in [0.1, 0.15) is 6.54 Å². The molecular formula is C10H18N2O6P2. The molecule has 1 heterocycles. The summed E-state index contributed by atoms with van der Waals surface area (Å²) in [5.41, 5.74) is -2.15. The van der Waals surface area contributed by atoms with Gasteiger partial charge in [0, 0.05) is 24.2 Å². The molecule has 0 radical (unpaired) electrons. The molecule has 0 aliphatic carbocycles. The summed E-state index contributed by atoms with van der Waals surface area (Å²) in [4.78, 5) is 37.8. The lowest BCUT2D eigenvalue weighted by Gasteiger charge is -2.28. The van der Waals surface area contributed by atoms with Crippen molar-refractivity contribution in [1.82, 2.24) is 0 Å². The summed E-state index contributed by atoms with van der Waals surface area (Å²) in [5, 5.41) is 2.14. The van der Waals surface area contributed by atoms with E-state index >= 15 is 0 Å². The Hall–Kier alpha value is -0.750. The highest BCUT2D eigenvalue weighted by atomic mass is 31.2. The third-order valence-corrected chi connectivity index (χ3v) is 5.88. The highest BCUT2D eigenvalue weighted by molar-refractivity contribution is 7.70. The molecule has 2 unspecified atom stereocenters. The van der Waals surface area contributed by atoms with Crippen LogP contribution in [0.2, 0.25) is 0 Å². The Bertz CT molecular complexity index is 501. The van der Waals surface area contributed by atoms with Crippen molar-refractivity contribution in [1.29, 1.82) is 0 Å². The summed E-state index contributed by atoms with van der Waals surface area (Å²) in [6.07, 6.45) is 5.32. The number of aromatic nitrogens is 1. The fourth-order valence-corrected chi connectivity index (χ4v) is 3.70. The van der Waals surface area contributed by atoms with Crippen molar-refractivity contribution in [3.05, 3.63) is 24.5 Å². The molecule has 4 N–H and O–H groups in total. The average molecular weight is 324 g/mol. The molecule has 0 amide bonds. The number of anilines is 1. The van der Waals surface area contributed by atoms with Crippen LogP contribution in [-0.2, 0) is 15.7 Å². The van der Waals surface area contributed by atoms with Gasteiger partial charge in [-0.05, 0) is 0 Å². The molecule has 20 heavy (non-hydrogen) atoms. The Labute approximate surface area is 116 Å². The maximum Gasteiger partial charge on any atom is 0.356 e. The fourth-order valence-electron chi connectivity index (χ4n) is 1.55. The Morgan fingerprint density at radius 1 is 1.30 bits per heavy atom. The lowest BCUT2D eigenvalue weighted by molar-refractivity contribution is -0.697. The predicted octanol–water partition coefficient (Wildman–Crippen LogP) is 0.193. The van der Waals surface area contributed by atoms with E-state index in [0.717, 1.165) is 19.4 Å². The standard InChI is InChI=1S/C10H18N2O6P2/c1-2-3-6-12-7-4-9(5-8-12)11-10(19(13,14)15)20(16,17)18/h4-5,7-8,10H,2-3,6H2,1H3,(H4,13,14,15,16,17,18). The Balaban J connectivity index is 2.85. The monoisotopic (exact) mass is 324 g/mol. The van der Waals surface area contributed by atoms with Crippen LogP contribution in [0.15, 0.2) is 24.5 Å². The van der Waals surface area contributed by atoms with E-state index in [4.69, 9.17) is 14.7 Å². The number of aryl methyl sites for hydroxylation is 1. The largest absolute Gasteiger partial charge is 0.777 e. The number of nitrogens with one attached hydrogen (secondary N) is 1. The number of nitrogens with zero attached hydrogens (tertiary/aromatic N) is 1. The molecule has 0 aliphatic heterocycles. The molecule has 114 valence electrons. The Kier molecular flexibility index (Phi) is 5.89. The molecule has 0 spiro atoms. The van der Waals surface area contributed by atoms with Crippen molar-refractivity contribution >= 4 is 20.9 Å². The molecule has 0 fully saturated rings. The average Bonchev–Trinajstić information content (AvgIpc) is 2.32. The SMILES string of the molecule is CCCC[n+]1ccc(NC(P(=O)([O-])O)P(=O)(O)O)cc1. The van der Waals surface area contributed by atoms with Crippen LogP contribution in [0, 0.1) is 0 Å². The van der Waals surface area contributed by atoms with Crippen molar-refractivity contribution < 1.29 is 33.3 Å². The minimum absolute atomic E-state index is 0.191. The van der Waals surface area contributed by atoms with Crippen LogP contribution in [0.4, 0.5) is 5.69 Å². The molecule has 8 nitrogen and oxygen atoms in total. The molecule has 10 heteroatoms. The summed E-state index contributed by atoms with van der Waals surface area (Å²) >= 11 is 0. The van der Waals surface area contributed by atoms with E-state index in [-0.39, 0.29) is 5.69 Å². The number of unbranched alkanes of at least 4 members (excludes halogenated alkanes) is 1. The predicted molar refractivity (Wildman–Crippen MR) is 70.8 cm³/mol. The molecule has 0 bridgehead atoms. The number of rotatable bonds is 7. The molecule has 2 atom stereocenters. The fraction of sp³-hybridized carbons (Fsp3) is 0.500. The van der Waals surface area contributed by atoms with Gasteiger partial charge in [-0.25, -0.2) is 4.57 Å². The van der Waals surface area contributed by atoms with Gasteiger partial charge in [-0.1, -0.05) is 13.3 Å². The zero-order valence-corrected chi connectivity index (χ0v) is 12.7. The van der Waals surface area contributed by atoms with Gasteiger partial charge in [0.25, 0.3) is 0 Å². The van der Waals surface area contributed by atoms with Gasteiger partial charge in [0.05, 0.1) is 0 Å². The first-order chi connectivity index (χ1) is 9.14. The van der Waals surface area contributed by atoms with Crippen molar-refractivity contribution in [2.45, 2.75) is 31.8 Å². The van der Waals surface area contributed by atoms with E-state index in [0.29, 0.717) is 0 Å². The zero-order chi connectivity index (χ0) is 15.4. The smallest absolute Gasteiger partial charge is 0.356 e. The summed E-state index contributed by atoms with van der Waals surface area (Å²) in [6.45, 7) is 2.84. The zero-order valence-electron chi connectivity index (χ0n) is 10.9. The van der Waals surface area contributed by atoms with Gasteiger partial charge >= 0.3 is 7.60 Å². The van der Waals surface area contributed by atoms with Gasteiger partial charge in [0.2, 0.25) is 0 Å². The van der Waals surface area contributed by atoms with E-state index in [1.165, 1.54) is 12.1 Å². The normalized spacial score (nSPS) is 16.4. The van der Waals surface area contributed by atoms with E-state index in [1.807, 2.05) is 11.5 Å². The quantitative estimate of drug-likeness (QED) is 0.415. The second kappa shape index (κ2) is 6.80. The molecule has 1 rings (SSSR count). The van der Waals surface area contributed by atoms with Crippen molar-refractivity contribution in [2.24, 2.45) is 0 Å². The Morgan fingerprint density at radius 3 is 2.25 bits per heavy atom. The van der Waals surface area contributed by atoms with Gasteiger partial charge in [-0.15, -0.1) is 0 Å². The second-order valence-corrected chi connectivity index (χ2v) is 8.10. The lowest BCUT2D eigenvalue weighted by atomic mass is 10.3. The van der Waals surface area contributed by atoms with E-state index in [2.05, 4.69) is 5.32 Å². The van der Waals surface area contributed by atoms with Crippen molar-refractivity contribution in [3.8, 4) is 0 Å². The van der Waals surface area contributed by atoms with E-state index < -0.39 is 20.7 Å². The van der Waals surface area contributed by atoms with E-state index in [1.54, 1.807) is 12.4 Å². The van der Waals surface area contributed by atoms with Gasteiger partial charge in [0.15, 0.2) is 25.5 Å². The molecule has 0 saturated carbocycles. The molecular weight excluding hydrogens is 306 g/mol. The van der Waals surface area contributed by atoms with Gasteiger partial charge in [-0.2, -0.15) is 0 Å². The van der Waals surface area contributed by atoms with Crippen LogP contribution in [0.25, 0.3) is 0 Å². The lowest BCUT2D eigenvalue weighted by Crippen LogP contribution is -2.33. The first-order valence-electron chi connectivity index (χ1n) is 5.99. The Morgan fingerprint density at radius 2 is 1.85 bits per heavy atom. The molecule has 1 aromatic heterocycles. The maximum absolute atomic E-state index is 11.1. The summed E-state index contributed by atoms with van der Waals surface area (Å²) in [6, 6.07) is 2.96. The summed E-state index contributed by atoms with van der Waals surface area (Å²) in [7, 11) is -10.3. The third kappa shape index (κ3) is 5.32. The molecule has 0 saturated heterocycles. The van der Waals surface area contributed by atoms with Crippen LogP contribution in [0.1, 0.15) is 19.8 Å². The molecule has 0 aromatic carbocycles. The minimum atomic E-state index is -5.22. The summed E-state index contributed by atoms with van der Waals surface area (Å²) < 4.78 is 24.0. The van der Waals surface area contributed by atoms with Crippen LogP contribution >= 0.6 is 15.2 Å². The number of hydrogen-bond acceptors (Lipinski definition) is 4. The van der Waals surface area contributed by atoms with Crippen LogP contribution in [0.5, 0.6) is 0 Å². The molecule has 0 aliphatic rings. The number of pyridine rings is 1. The van der Waals surface area contributed by atoms with Crippen molar-refractivity contribution in [3.63, 3.8) is 0 Å². The van der Waals surface area contributed by atoms with Crippen LogP contribution in [-0.4, -0.2) is 20.2 Å². The molecule has 1 aromatic rings. The highest BCUT2D eigenvalue weighted by Gasteiger charge is 2.37. The van der Waals surface area contributed by atoms with E-state index in [9.17, 15) is 14.0 Å². The topological polar surface area (TPSA) is 134 Å². The van der Waals surface area contributed by atoms with Crippen LogP contribution < -0.4 is 14.8 Å². The van der Waals surface area contributed by atoms with Gasteiger partial charge in [-0.3, -0.25) is 4.57 Å². The van der Waals surface area contributed by atoms with Crippen LogP contribution in [0.3, 0.4) is 0 Å². The van der Waals surface area contributed by atoms with Gasteiger partial charge < -0.3 is 29.5 Å². The first-order valence-corrected chi connectivity index (χ1v) is 9.31. The van der Waals surface area contributed by atoms with Crippen molar-refractivity contribution in [2.75, 3.05) is 5.32 Å². The summed E-state index contributed by atoms with van der Waals surface area (Å²) in [5.74, 6) is 0. The number of hydrogen-bond donors (Lipinski definition) is 4. The maximum atomic E-state index is 11.1. The second-order valence-electron chi connectivity index (χ2n) is 4.35. The third-order valence-electron chi connectivity index (χ3n) is 2.58. The minimum Gasteiger partial charge on any atom is -0.777 e. The first kappa shape index (κ1) is 17.3. The highest BCUT2D eigenvalue weighted by Crippen LogP contribution is 2.57.